The number of nitrogens with one attached hydrogen (secondary N) is 3. The maximum atomic E-state index is 12.8. The van der Waals surface area contributed by atoms with Gasteiger partial charge in [-0.1, -0.05) is 35.2 Å². The van der Waals surface area contributed by atoms with E-state index >= 15 is 0 Å². The molecule has 7 rings (SSSR count). The van der Waals surface area contributed by atoms with Crippen LogP contribution < -0.4 is 25.4 Å². The Kier molecular flexibility index (Phi) is 14.9. The summed E-state index contributed by atoms with van der Waals surface area (Å²) in [6.45, 7) is 1.55. The molecule has 3 amide bonds. The molecule has 2 aliphatic rings. The minimum absolute atomic E-state index is 0.00924. The number of aliphatic hydroxyl groups excluding tert-OH is 2. The number of hydrogen-bond donors (Lipinski definition) is 5. The number of carbonyl (C=O) groups excluding carboxylic acids is 3. The molecule has 2 aromatic heterocycles. The molecule has 3 aromatic carbocycles. The average molecular weight is 894 g/mol. The number of piperidine rings is 1. The third-order valence-corrected chi connectivity index (χ3v) is 10.8. The van der Waals surface area contributed by atoms with Crippen molar-refractivity contribution in [1.29, 1.82) is 0 Å². The molecule has 4 unspecified atom stereocenters. The van der Waals surface area contributed by atoms with E-state index in [0.29, 0.717) is 50.7 Å². The number of rotatable bonds is 21. The van der Waals surface area contributed by atoms with Crippen molar-refractivity contribution in [2.75, 3.05) is 64.0 Å². The number of imide groups is 1. The summed E-state index contributed by atoms with van der Waals surface area (Å²) in [5, 5.41) is 42.7. The number of ether oxygens (including phenoxy) is 5. The van der Waals surface area contributed by atoms with Crippen LogP contribution in [-0.4, -0.2) is 117 Å². The van der Waals surface area contributed by atoms with E-state index in [1.807, 2.05) is 12.1 Å². The van der Waals surface area contributed by atoms with Crippen molar-refractivity contribution < 1.29 is 53.2 Å². The minimum Gasteiger partial charge on any atom is -0.493 e. The van der Waals surface area contributed by atoms with Gasteiger partial charge in [0.25, 0.3) is 0 Å². The quantitative estimate of drug-likeness (QED) is 0.0233. The summed E-state index contributed by atoms with van der Waals surface area (Å²) in [6.07, 6.45) is 6.06. The maximum absolute atomic E-state index is 12.8. The van der Waals surface area contributed by atoms with Crippen molar-refractivity contribution in [1.82, 2.24) is 29.7 Å². The topological polar surface area (TPSA) is 264 Å². The molecule has 5 N–H and O–H groups in total. The zero-order valence-corrected chi connectivity index (χ0v) is 35.5. The van der Waals surface area contributed by atoms with E-state index < -0.39 is 41.3 Å². The van der Waals surface area contributed by atoms with Gasteiger partial charge in [0.2, 0.25) is 17.7 Å². The Morgan fingerprint density at radius 3 is 2.43 bits per heavy atom. The van der Waals surface area contributed by atoms with Gasteiger partial charge >= 0.3 is 5.95 Å². The Labute approximate surface area is 372 Å². The van der Waals surface area contributed by atoms with Gasteiger partial charge in [-0.05, 0) is 41.2 Å². The van der Waals surface area contributed by atoms with Crippen molar-refractivity contribution in [3.63, 3.8) is 0 Å². The second kappa shape index (κ2) is 21.1. The molecule has 0 saturated carbocycles. The Bertz CT molecular complexity index is 2600. The zero-order chi connectivity index (χ0) is 46.0. The molecule has 1 saturated heterocycles. The van der Waals surface area contributed by atoms with E-state index in [4.69, 9.17) is 30.1 Å². The molecule has 4 atom stereocenters. The van der Waals surface area contributed by atoms with E-state index in [2.05, 4.69) is 36.8 Å². The predicted molar refractivity (Wildman–Crippen MR) is 231 cm³/mol. The molecule has 21 heteroatoms. The fourth-order valence-corrected chi connectivity index (χ4v) is 7.66. The summed E-state index contributed by atoms with van der Waals surface area (Å²) < 4.78 is 29.9. The molecule has 1 fully saturated rings. The normalized spacial score (nSPS) is 17.6. The lowest BCUT2D eigenvalue weighted by Crippen LogP contribution is -2.52. The first-order valence-electron chi connectivity index (χ1n) is 20.6. The molecule has 0 aliphatic carbocycles. The van der Waals surface area contributed by atoms with Gasteiger partial charge in [0.1, 0.15) is 49.1 Å². The summed E-state index contributed by atoms with van der Waals surface area (Å²) in [6, 6.07) is 14.0. The fraction of sp³-hybridized carbons (Fsp3) is 0.364. The highest BCUT2D eigenvalue weighted by Crippen LogP contribution is 2.45. The number of hydrogen-bond acceptors (Lipinski definition) is 17. The molecular formula is C44H47N9O12. The first-order chi connectivity index (χ1) is 31.5. The summed E-state index contributed by atoms with van der Waals surface area (Å²) >= 11 is 0. The molecule has 340 valence electrons. The van der Waals surface area contributed by atoms with Gasteiger partial charge in [-0.2, -0.15) is 0 Å². The number of terminal acetylenes is 1. The van der Waals surface area contributed by atoms with Crippen LogP contribution in [0.15, 0.2) is 67.1 Å². The summed E-state index contributed by atoms with van der Waals surface area (Å²) in [5.74, 6) is 2.17. The van der Waals surface area contributed by atoms with Gasteiger partial charge in [-0.25, -0.2) is 19.4 Å². The van der Waals surface area contributed by atoms with Crippen LogP contribution in [-0.2, 0) is 35.6 Å². The number of fused-ring (bicyclic) bond motifs is 2. The fourth-order valence-electron chi connectivity index (χ4n) is 7.66. The Hall–Kier alpha value is -7.06. The molecule has 0 spiro atoms. The Morgan fingerprint density at radius 1 is 0.985 bits per heavy atom. The highest BCUT2D eigenvalue weighted by atomic mass is 16.6. The van der Waals surface area contributed by atoms with Crippen molar-refractivity contribution in [3.05, 3.63) is 105 Å². The third kappa shape index (κ3) is 10.5. The lowest BCUT2D eigenvalue weighted by atomic mass is 10.0. The molecule has 2 aliphatic heterocycles. The Balaban J connectivity index is 0.839. The largest absolute Gasteiger partial charge is 0.493 e. The van der Waals surface area contributed by atoms with E-state index in [0.717, 1.165) is 5.56 Å². The molecule has 5 aromatic rings. The number of benzene rings is 3. The monoisotopic (exact) mass is 893 g/mol. The lowest BCUT2D eigenvalue weighted by Gasteiger charge is -2.34. The van der Waals surface area contributed by atoms with Crippen LogP contribution in [0.1, 0.15) is 65.7 Å². The molecular weight excluding hydrogens is 847 g/mol. The van der Waals surface area contributed by atoms with Gasteiger partial charge in [0, 0.05) is 40.3 Å². The number of methoxy groups -OCH3 is 1. The number of imidazole rings is 1. The number of carbonyl (C=O) groups is 3. The molecule has 21 nitrogen and oxygen atoms in total. The minimum atomic E-state index is -1.38. The average Bonchev–Trinajstić information content (AvgIpc) is 3.81. The summed E-state index contributed by atoms with van der Waals surface area (Å²) in [5.41, 5.74) is 3.33. The third-order valence-electron chi connectivity index (χ3n) is 10.8. The van der Waals surface area contributed by atoms with Crippen LogP contribution in [0.4, 0.5) is 17.5 Å². The first-order valence-corrected chi connectivity index (χ1v) is 20.6. The molecule has 0 radical (unpaired) electrons. The van der Waals surface area contributed by atoms with Crippen LogP contribution in [0.5, 0.6) is 11.5 Å². The van der Waals surface area contributed by atoms with Crippen molar-refractivity contribution in [3.8, 4) is 23.8 Å². The SMILES string of the molecule is C#Cc1cccc(C(Nc2ncnc3cc(OC)c(OCCOCCOCCOCCC(=O)Nc4cccc5c4C(O)N(C4CCC(=O)NC4=O)C5O)cc23)c2cnc([N+](=O)[O-])n2C)c1. The predicted octanol–water partition coefficient (Wildman–Crippen LogP) is 3.02. The molecule has 65 heavy (non-hydrogen) atoms. The molecule has 4 heterocycles. The number of anilines is 2. The highest BCUT2D eigenvalue weighted by molar-refractivity contribution is 6.00. The second-order valence-electron chi connectivity index (χ2n) is 14.8. The maximum Gasteiger partial charge on any atom is 0.434 e. The number of amides is 3. The smallest absolute Gasteiger partial charge is 0.434 e. The van der Waals surface area contributed by atoms with E-state index in [1.54, 1.807) is 49.5 Å². The van der Waals surface area contributed by atoms with E-state index in [-0.39, 0.29) is 82.9 Å². The zero-order valence-electron chi connectivity index (χ0n) is 35.5. The van der Waals surface area contributed by atoms with E-state index in [1.165, 1.54) is 29.1 Å². The van der Waals surface area contributed by atoms with Gasteiger partial charge in [0.15, 0.2) is 11.5 Å². The van der Waals surface area contributed by atoms with Gasteiger partial charge in [0.05, 0.1) is 71.8 Å². The number of aliphatic hydroxyl groups is 2. The van der Waals surface area contributed by atoms with Crippen molar-refractivity contribution in [2.24, 2.45) is 7.05 Å². The Morgan fingerprint density at radius 2 is 1.72 bits per heavy atom. The van der Waals surface area contributed by atoms with Crippen LogP contribution in [0.3, 0.4) is 0 Å². The number of nitrogens with zero attached hydrogens (tertiary/aromatic N) is 6. The first kappa shape index (κ1) is 45.9. The van der Waals surface area contributed by atoms with Crippen molar-refractivity contribution >= 4 is 46.1 Å². The highest BCUT2D eigenvalue weighted by Gasteiger charge is 2.46. The number of nitro groups is 1. The van der Waals surface area contributed by atoms with Crippen LogP contribution in [0.25, 0.3) is 10.9 Å². The standard InChI is InChI=1S/C44H47N9O12/c1-4-26-7-5-8-27(21-26)39(33-24-45-44(51(33)2)53(59)60)50-40-29-22-35(34(61-3)23-31(29)46-25-47-40)65-20-19-64-18-17-63-16-15-62-14-13-37(55)48-30-10-6-9-28-38(30)43(58)52(42(28)57)32-11-12-36(54)49-41(32)56/h1,5-10,21-25,32,39,42-43,57-58H,11-20H2,2-3H3,(H,48,55)(H,46,47,50)(H,49,54,56). The summed E-state index contributed by atoms with van der Waals surface area (Å²) in [7, 11) is 3.08. The van der Waals surface area contributed by atoms with Gasteiger partial charge in [-0.3, -0.25) is 19.7 Å². The van der Waals surface area contributed by atoms with Crippen LogP contribution >= 0.6 is 0 Å². The number of aromatic nitrogens is 4. The summed E-state index contributed by atoms with van der Waals surface area (Å²) in [4.78, 5) is 62.1. The van der Waals surface area contributed by atoms with Crippen molar-refractivity contribution in [2.45, 2.75) is 43.8 Å². The second-order valence-corrected chi connectivity index (χ2v) is 14.8. The van der Waals surface area contributed by atoms with Gasteiger partial charge < -0.3 is 54.6 Å². The van der Waals surface area contributed by atoms with E-state index in [9.17, 15) is 34.7 Å². The molecule has 0 bridgehead atoms. The van der Waals surface area contributed by atoms with Crippen LogP contribution in [0.2, 0.25) is 0 Å². The lowest BCUT2D eigenvalue weighted by molar-refractivity contribution is -0.396. The van der Waals surface area contributed by atoms with Gasteiger partial charge in [-0.15, -0.1) is 6.42 Å². The van der Waals surface area contributed by atoms with Crippen LogP contribution in [0, 0.1) is 22.5 Å².